The van der Waals surface area contributed by atoms with Gasteiger partial charge in [0.2, 0.25) is 5.91 Å². The molecule has 0 radical (unpaired) electrons. The molecule has 0 unspecified atom stereocenters. The number of fused-ring (bicyclic) bond motifs is 2. The molecule has 0 bridgehead atoms. The van der Waals surface area contributed by atoms with Crippen molar-refractivity contribution in [2.75, 3.05) is 18.0 Å². The topological polar surface area (TPSA) is 54.3 Å². The average molecular weight is 311 g/mol. The molecule has 0 N–H and O–H groups in total. The molecule has 0 atom stereocenters. The Morgan fingerprint density at radius 1 is 1.26 bits per heavy atom. The van der Waals surface area contributed by atoms with Crippen molar-refractivity contribution in [3.8, 4) is 0 Å². The maximum Gasteiger partial charge on any atom is 0.219 e. The van der Waals surface area contributed by atoms with Crippen molar-refractivity contribution in [3.63, 3.8) is 0 Å². The van der Waals surface area contributed by atoms with Gasteiger partial charge in [-0.25, -0.2) is 0 Å². The molecule has 2 aromatic heterocycles. The summed E-state index contributed by atoms with van der Waals surface area (Å²) in [6, 6.07) is 2.10. The molecule has 6 heteroatoms. The molecule has 2 aromatic rings. The van der Waals surface area contributed by atoms with E-state index in [1.54, 1.807) is 6.92 Å². The quantitative estimate of drug-likeness (QED) is 0.806. The number of amides is 1. The second-order valence-corrected chi connectivity index (χ2v) is 6.32. The lowest BCUT2D eigenvalue weighted by Crippen LogP contribution is -2.35. The lowest BCUT2D eigenvalue weighted by molar-refractivity contribution is -0.129. The van der Waals surface area contributed by atoms with Gasteiger partial charge in [0.25, 0.3) is 0 Å². The molecule has 2 aliphatic rings. The third-order valence-electron chi connectivity index (χ3n) is 4.93. The van der Waals surface area contributed by atoms with Crippen LogP contribution in [0.1, 0.15) is 30.2 Å². The number of pyridine rings is 1. The van der Waals surface area contributed by atoms with Crippen LogP contribution in [0.3, 0.4) is 0 Å². The molecule has 0 fully saturated rings. The Hall–Kier alpha value is -2.37. The van der Waals surface area contributed by atoms with Crippen molar-refractivity contribution in [2.45, 2.75) is 32.7 Å². The highest BCUT2D eigenvalue weighted by Crippen LogP contribution is 2.36. The lowest BCUT2D eigenvalue weighted by Gasteiger charge is -2.32. The first-order valence-electron chi connectivity index (χ1n) is 8.16. The molecular weight excluding hydrogens is 290 g/mol. The van der Waals surface area contributed by atoms with Gasteiger partial charge >= 0.3 is 0 Å². The summed E-state index contributed by atoms with van der Waals surface area (Å²) in [6.07, 6.45) is 6.85. The first kappa shape index (κ1) is 14.2. The largest absolute Gasteiger partial charge is 0.338 e. The molecule has 0 spiro atoms. The van der Waals surface area contributed by atoms with Crippen LogP contribution in [0, 0.1) is 0 Å². The van der Waals surface area contributed by atoms with Crippen LogP contribution >= 0.6 is 0 Å². The second kappa shape index (κ2) is 5.37. The molecule has 4 rings (SSSR count). The normalized spacial score (nSPS) is 17.0. The summed E-state index contributed by atoms with van der Waals surface area (Å²) >= 11 is 0. The summed E-state index contributed by atoms with van der Waals surface area (Å²) in [7, 11) is 2.00. The Morgan fingerprint density at radius 2 is 2.13 bits per heavy atom. The summed E-state index contributed by atoms with van der Waals surface area (Å²) < 4.78 is 1.98. The van der Waals surface area contributed by atoms with Gasteiger partial charge in [-0.3, -0.25) is 14.5 Å². The van der Waals surface area contributed by atoms with Crippen molar-refractivity contribution in [1.82, 2.24) is 19.7 Å². The summed E-state index contributed by atoms with van der Waals surface area (Å²) in [4.78, 5) is 20.2. The molecular formula is C17H21N5O. The van der Waals surface area contributed by atoms with Gasteiger partial charge in [-0.2, -0.15) is 5.10 Å². The Morgan fingerprint density at radius 3 is 2.96 bits per heavy atom. The van der Waals surface area contributed by atoms with E-state index >= 15 is 0 Å². The van der Waals surface area contributed by atoms with E-state index in [9.17, 15) is 4.79 Å². The van der Waals surface area contributed by atoms with E-state index in [1.807, 2.05) is 29.0 Å². The maximum atomic E-state index is 11.8. The van der Waals surface area contributed by atoms with Gasteiger partial charge < -0.3 is 9.80 Å². The Balaban J connectivity index is 1.78. The molecule has 1 amide bonds. The number of nitrogens with zero attached hydrogens (tertiary/aromatic N) is 5. The Bertz CT molecular complexity index is 766. The van der Waals surface area contributed by atoms with Crippen molar-refractivity contribution in [3.05, 3.63) is 35.3 Å². The van der Waals surface area contributed by atoms with Crippen LogP contribution in [0.15, 0.2) is 18.5 Å². The van der Waals surface area contributed by atoms with Gasteiger partial charge in [-0.1, -0.05) is 0 Å². The van der Waals surface area contributed by atoms with Crippen LogP contribution in [0.25, 0.3) is 0 Å². The number of aromatic nitrogens is 3. The fourth-order valence-electron chi connectivity index (χ4n) is 3.70. The number of carbonyl (C=O) groups is 1. The van der Waals surface area contributed by atoms with Crippen molar-refractivity contribution in [2.24, 2.45) is 7.05 Å². The molecule has 0 saturated heterocycles. The third-order valence-corrected chi connectivity index (χ3v) is 4.93. The van der Waals surface area contributed by atoms with E-state index in [0.717, 1.165) is 43.9 Å². The SMILES string of the molecule is CC(=O)N1CCc2c(c(N3CCCc4ccncc43)nn2C)C1. The first-order valence-corrected chi connectivity index (χ1v) is 8.16. The van der Waals surface area contributed by atoms with E-state index in [0.29, 0.717) is 6.54 Å². The van der Waals surface area contributed by atoms with Crippen LogP contribution in [-0.2, 0) is 31.2 Å². The van der Waals surface area contributed by atoms with Crippen LogP contribution in [0.4, 0.5) is 11.5 Å². The number of anilines is 2. The van der Waals surface area contributed by atoms with Crippen LogP contribution in [0.2, 0.25) is 0 Å². The third kappa shape index (κ3) is 2.29. The summed E-state index contributed by atoms with van der Waals surface area (Å²) in [5.74, 6) is 1.12. The fraction of sp³-hybridized carbons (Fsp3) is 0.471. The standard InChI is InChI=1S/C17H21N5O/c1-12(23)21-9-6-15-14(11-21)17(19-20(15)2)22-8-3-4-13-5-7-18-10-16(13)22/h5,7,10H,3-4,6,8-9,11H2,1-2H3. The Kier molecular flexibility index (Phi) is 3.32. The van der Waals surface area contributed by atoms with Gasteiger partial charge in [0.15, 0.2) is 5.82 Å². The smallest absolute Gasteiger partial charge is 0.219 e. The first-order chi connectivity index (χ1) is 11.1. The maximum absolute atomic E-state index is 11.8. The van der Waals surface area contributed by atoms with Gasteiger partial charge in [0.1, 0.15) is 0 Å². The number of aryl methyl sites for hydroxylation is 2. The van der Waals surface area contributed by atoms with E-state index in [2.05, 4.69) is 16.0 Å². The zero-order valence-electron chi connectivity index (χ0n) is 13.6. The highest BCUT2D eigenvalue weighted by Gasteiger charge is 2.30. The highest BCUT2D eigenvalue weighted by molar-refractivity contribution is 5.75. The van der Waals surface area contributed by atoms with Crippen LogP contribution < -0.4 is 4.90 Å². The molecule has 2 aliphatic heterocycles. The minimum absolute atomic E-state index is 0.131. The van der Waals surface area contributed by atoms with Crippen LogP contribution in [-0.4, -0.2) is 38.7 Å². The molecule has 120 valence electrons. The molecule has 0 aliphatic carbocycles. The van der Waals surface area contributed by atoms with E-state index in [-0.39, 0.29) is 5.91 Å². The van der Waals surface area contributed by atoms with Gasteiger partial charge in [-0.15, -0.1) is 0 Å². The van der Waals surface area contributed by atoms with Crippen LogP contribution in [0.5, 0.6) is 0 Å². The number of rotatable bonds is 1. The molecule has 4 heterocycles. The minimum Gasteiger partial charge on any atom is -0.338 e. The monoisotopic (exact) mass is 311 g/mol. The molecule has 6 nitrogen and oxygen atoms in total. The van der Waals surface area contributed by atoms with E-state index < -0.39 is 0 Å². The number of hydrogen-bond donors (Lipinski definition) is 0. The van der Waals surface area contributed by atoms with E-state index in [4.69, 9.17) is 5.10 Å². The van der Waals surface area contributed by atoms with Crippen molar-refractivity contribution >= 4 is 17.4 Å². The van der Waals surface area contributed by atoms with Crippen molar-refractivity contribution in [1.29, 1.82) is 0 Å². The number of hydrogen-bond acceptors (Lipinski definition) is 4. The predicted molar refractivity (Wildman–Crippen MR) is 87.6 cm³/mol. The minimum atomic E-state index is 0.131. The average Bonchev–Trinajstić information content (AvgIpc) is 2.90. The van der Waals surface area contributed by atoms with E-state index in [1.165, 1.54) is 16.8 Å². The molecule has 23 heavy (non-hydrogen) atoms. The van der Waals surface area contributed by atoms with Gasteiger partial charge in [0.05, 0.1) is 18.4 Å². The highest BCUT2D eigenvalue weighted by atomic mass is 16.2. The zero-order valence-corrected chi connectivity index (χ0v) is 13.6. The molecule has 0 aromatic carbocycles. The van der Waals surface area contributed by atoms with Gasteiger partial charge in [-0.05, 0) is 24.5 Å². The predicted octanol–water partition coefficient (Wildman–Crippen LogP) is 1.80. The van der Waals surface area contributed by atoms with Crippen molar-refractivity contribution < 1.29 is 4.79 Å². The summed E-state index contributed by atoms with van der Waals surface area (Å²) in [5, 5.41) is 4.79. The Labute approximate surface area is 135 Å². The molecule has 0 saturated carbocycles. The second-order valence-electron chi connectivity index (χ2n) is 6.32. The zero-order chi connectivity index (χ0) is 16.0. The number of carbonyl (C=O) groups excluding carboxylic acids is 1. The lowest BCUT2D eigenvalue weighted by atomic mass is 10.0. The summed E-state index contributed by atoms with van der Waals surface area (Å²) in [5.41, 5.74) is 4.91. The fourth-order valence-corrected chi connectivity index (χ4v) is 3.70. The van der Waals surface area contributed by atoms with Gasteiger partial charge in [0, 0.05) is 50.9 Å². The summed E-state index contributed by atoms with van der Waals surface area (Å²) in [6.45, 7) is 4.02.